The zero-order chi connectivity index (χ0) is 19.4. The van der Waals surface area contributed by atoms with Crippen LogP contribution >= 0.6 is 11.8 Å². The maximum absolute atomic E-state index is 13.3. The highest BCUT2D eigenvalue weighted by atomic mass is 32.2. The lowest BCUT2D eigenvalue weighted by molar-refractivity contribution is -0.133. The molecule has 0 saturated carbocycles. The molecule has 2 aromatic rings. The van der Waals surface area contributed by atoms with Gasteiger partial charge in [-0.1, -0.05) is 69.3 Å². The number of cyclic esters (lactones) is 1. The third-order valence-corrected chi connectivity index (χ3v) is 6.37. The topological polar surface area (TPSA) is 46.6 Å². The lowest BCUT2D eigenvalue weighted by Crippen LogP contribution is -2.45. The van der Waals surface area contributed by atoms with E-state index in [1.165, 1.54) is 4.90 Å². The van der Waals surface area contributed by atoms with E-state index < -0.39 is 6.09 Å². The molecule has 1 aliphatic rings. The van der Waals surface area contributed by atoms with Crippen LogP contribution in [-0.2, 0) is 9.53 Å². The van der Waals surface area contributed by atoms with Crippen molar-refractivity contribution >= 4 is 23.8 Å². The largest absolute Gasteiger partial charge is 0.447 e. The van der Waals surface area contributed by atoms with Crippen LogP contribution in [0.3, 0.4) is 0 Å². The van der Waals surface area contributed by atoms with Crippen LogP contribution in [0, 0.1) is 11.8 Å². The minimum atomic E-state index is -0.526. The van der Waals surface area contributed by atoms with Gasteiger partial charge < -0.3 is 4.74 Å². The van der Waals surface area contributed by atoms with Gasteiger partial charge in [-0.25, -0.2) is 9.69 Å². The Morgan fingerprint density at radius 3 is 2.22 bits per heavy atom. The van der Waals surface area contributed by atoms with E-state index in [2.05, 4.69) is 0 Å². The number of nitrogens with zero attached hydrogens (tertiary/aromatic N) is 1. The molecular weight excluding hydrogens is 358 g/mol. The predicted molar refractivity (Wildman–Crippen MR) is 107 cm³/mol. The van der Waals surface area contributed by atoms with Crippen molar-refractivity contribution in [3.05, 3.63) is 66.2 Å². The molecule has 2 amide bonds. The maximum Gasteiger partial charge on any atom is 0.416 e. The SMILES string of the molecule is CC(C)[C@H]1COC(=O)N1C(=O)[C@@H](C)[C@@H](Sc1ccccc1)c1ccccc1. The molecule has 0 bridgehead atoms. The molecule has 0 unspecified atom stereocenters. The van der Waals surface area contributed by atoms with Gasteiger partial charge in [0, 0.05) is 10.1 Å². The second kappa shape index (κ2) is 8.61. The molecule has 1 saturated heterocycles. The van der Waals surface area contributed by atoms with Crippen LogP contribution < -0.4 is 0 Å². The summed E-state index contributed by atoms with van der Waals surface area (Å²) in [4.78, 5) is 27.9. The molecule has 0 N–H and O–H groups in total. The van der Waals surface area contributed by atoms with E-state index in [1.807, 2.05) is 81.4 Å². The molecule has 27 heavy (non-hydrogen) atoms. The van der Waals surface area contributed by atoms with Crippen molar-refractivity contribution in [3.8, 4) is 0 Å². The van der Waals surface area contributed by atoms with Crippen LogP contribution in [0.4, 0.5) is 4.79 Å². The van der Waals surface area contributed by atoms with Gasteiger partial charge >= 0.3 is 6.09 Å². The van der Waals surface area contributed by atoms with Crippen LogP contribution in [0.5, 0.6) is 0 Å². The molecule has 0 aromatic heterocycles. The Labute approximate surface area is 164 Å². The zero-order valence-corrected chi connectivity index (χ0v) is 16.7. The molecular formula is C22H25NO3S. The normalized spacial score (nSPS) is 19.0. The van der Waals surface area contributed by atoms with Gasteiger partial charge in [0.15, 0.2) is 0 Å². The van der Waals surface area contributed by atoms with Gasteiger partial charge in [0.2, 0.25) is 5.91 Å². The minimum absolute atomic E-state index is 0.0951. The Hall–Kier alpha value is -2.27. The summed E-state index contributed by atoms with van der Waals surface area (Å²) in [5.74, 6) is -0.387. The first-order chi connectivity index (χ1) is 13.0. The van der Waals surface area contributed by atoms with E-state index in [9.17, 15) is 9.59 Å². The van der Waals surface area contributed by atoms with E-state index in [-0.39, 0.29) is 35.6 Å². The van der Waals surface area contributed by atoms with Crippen molar-refractivity contribution in [3.63, 3.8) is 0 Å². The van der Waals surface area contributed by atoms with Crippen molar-refractivity contribution in [2.45, 2.75) is 37.0 Å². The summed E-state index contributed by atoms with van der Waals surface area (Å²) in [6.45, 7) is 6.19. The van der Waals surface area contributed by atoms with E-state index in [0.29, 0.717) is 0 Å². The highest BCUT2D eigenvalue weighted by molar-refractivity contribution is 7.99. The number of carbonyl (C=O) groups excluding carboxylic acids is 2. The Morgan fingerprint density at radius 1 is 1.04 bits per heavy atom. The third-order valence-electron chi connectivity index (χ3n) is 4.89. The Kier molecular flexibility index (Phi) is 6.22. The maximum atomic E-state index is 13.3. The molecule has 2 aromatic carbocycles. The molecule has 142 valence electrons. The number of ether oxygens (including phenoxy) is 1. The zero-order valence-electron chi connectivity index (χ0n) is 15.9. The number of rotatable bonds is 6. The molecule has 1 aliphatic heterocycles. The lowest BCUT2D eigenvalue weighted by atomic mass is 9.97. The smallest absolute Gasteiger partial charge is 0.416 e. The number of hydrogen-bond donors (Lipinski definition) is 0. The monoisotopic (exact) mass is 383 g/mol. The van der Waals surface area contributed by atoms with Crippen LogP contribution in [0.15, 0.2) is 65.6 Å². The molecule has 0 aliphatic carbocycles. The second-order valence-corrected chi connectivity index (χ2v) is 8.36. The summed E-state index contributed by atoms with van der Waals surface area (Å²) in [6, 6.07) is 19.8. The van der Waals surface area contributed by atoms with Gasteiger partial charge in [-0.05, 0) is 23.6 Å². The first-order valence-electron chi connectivity index (χ1n) is 9.25. The quantitative estimate of drug-likeness (QED) is 0.647. The molecule has 5 heteroatoms. The Bertz CT molecular complexity index is 779. The predicted octanol–water partition coefficient (Wildman–Crippen LogP) is 5.16. The average molecular weight is 384 g/mol. The van der Waals surface area contributed by atoms with E-state index in [4.69, 9.17) is 4.74 Å². The number of imide groups is 1. The number of carbonyl (C=O) groups is 2. The Balaban J connectivity index is 1.89. The standard InChI is InChI=1S/C22H25NO3S/c1-15(2)19-14-26-22(25)23(19)21(24)16(3)20(17-10-6-4-7-11-17)27-18-12-8-5-9-13-18/h4-13,15-16,19-20H,14H2,1-3H3/t16-,19+,20+/m0/s1. The van der Waals surface area contributed by atoms with Gasteiger partial charge in [0.1, 0.15) is 6.61 Å². The van der Waals surface area contributed by atoms with E-state index in [0.717, 1.165) is 10.5 Å². The number of thioether (sulfide) groups is 1. The fourth-order valence-corrected chi connectivity index (χ4v) is 4.50. The Morgan fingerprint density at radius 2 is 1.63 bits per heavy atom. The average Bonchev–Trinajstić information content (AvgIpc) is 3.08. The van der Waals surface area contributed by atoms with Gasteiger partial charge in [-0.15, -0.1) is 11.8 Å². The van der Waals surface area contributed by atoms with Gasteiger partial charge in [0.25, 0.3) is 0 Å². The van der Waals surface area contributed by atoms with E-state index >= 15 is 0 Å². The summed E-state index contributed by atoms with van der Waals surface area (Å²) >= 11 is 1.65. The summed E-state index contributed by atoms with van der Waals surface area (Å²) in [5, 5.41) is -0.0951. The second-order valence-electron chi connectivity index (χ2n) is 7.15. The summed E-state index contributed by atoms with van der Waals surface area (Å²) < 4.78 is 5.17. The lowest BCUT2D eigenvalue weighted by Gasteiger charge is -2.29. The fourth-order valence-electron chi connectivity index (χ4n) is 3.28. The molecule has 4 nitrogen and oxygen atoms in total. The van der Waals surface area contributed by atoms with Gasteiger partial charge in [-0.3, -0.25) is 4.79 Å². The minimum Gasteiger partial charge on any atom is -0.447 e. The van der Waals surface area contributed by atoms with Crippen molar-refractivity contribution in [2.24, 2.45) is 11.8 Å². The van der Waals surface area contributed by atoms with Gasteiger partial charge in [-0.2, -0.15) is 0 Å². The molecule has 3 rings (SSSR count). The number of amides is 2. The fraction of sp³-hybridized carbons (Fsp3) is 0.364. The summed E-state index contributed by atoms with van der Waals surface area (Å²) in [7, 11) is 0. The van der Waals surface area contributed by atoms with Crippen molar-refractivity contribution < 1.29 is 14.3 Å². The van der Waals surface area contributed by atoms with Crippen molar-refractivity contribution in [1.82, 2.24) is 4.90 Å². The molecule has 0 spiro atoms. The van der Waals surface area contributed by atoms with Crippen LogP contribution in [0.2, 0.25) is 0 Å². The number of benzene rings is 2. The van der Waals surface area contributed by atoms with Crippen molar-refractivity contribution in [2.75, 3.05) is 6.61 Å². The highest BCUT2D eigenvalue weighted by Gasteiger charge is 2.43. The molecule has 3 atom stereocenters. The molecule has 0 radical (unpaired) electrons. The third kappa shape index (κ3) is 4.35. The van der Waals surface area contributed by atoms with Gasteiger partial charge in [0.05, 0.1) is 12.0 Å². The van der Waals surface area contributed by atoms with E-state index in [1.54, 1.807) is 11.8 Å². The van der Waals surface area contributed by atoms with Crippen LogP contribution in [0.1, 0.15) is 31.6 Å². The number of hydrogen-bond acceptors (Lipinski definition) is 4. The van der Waals surface area contributed by atoms with Crippen LogP contribution in [-0.4, -0.2) is 29.5 Å². The first kappa shape index (κ1) is 19.5. The molecule has 1 fully saturated rings. The van der Waals surface area contributed by atoms with Crippen molar-refractivity contribution in [1.29, 1.82) is 0 Å². The summed E-state index contributed by atoms with van der Waals surface area (Å²) in [5.41, 5.74) is 1.07. The molecule has 1 heterocycles. The summed E-state index contributed by atoms with van der Waals surface area (Å²) in [6.07, 6.45) is -0.526. The highest BCUT2D eigenvalue weighted by Crippen LogP contribution is 2.42. The first-order valence-corrected chi connectivity index (χ1v) is 10.1. The van der Waals surface area contributed by atoms with Crippen LogP contribution in [0.25, 0.3) is 0 Å².